The van der Waals surface area contributed by atoms with Gasteiger partial charge in [-0.3, -0.25) is 4.79 Å². The Hall–Kier alpha value is -1.58. The standard InChI is InChI=1S/C14H17FN2O/c1-2-16-6-3-7-17-12-9-11(15)5-4-10(12)8-13(17)14(16)18/h4-5,9,13H,2-3,6-8H2,1H3. The van der Waals surface area contributed by atoms with Crippen LogP contribution in [0.3, 0.4) is 0 Å². The van der Waals surface area contributed by atoms with Gasteiger partial charge in [0.25, 0.3) is 0 Å². The average molecular weight is 248 g/mol. The van der Waals surface area contributed by atoms with Crippen LogP contribution >= 0.6 is 0 Å². The maximum atomic E-state index is 13.3. The molecular formula is C14H17FN2O. The van der Waals surface area contributed by atoms with E-state index in [1.54, 1.807) is 6.07 Å². The molecule has 1 fully saturated rings. The summed E-state index contributed by atoms with van der Waals surface area (Å²) in [6, 6.07) is 4.73. The Morgan fingerprint density at radius 2 is 2.22 bits per heavy atom. The fourth-order valence-electron chi connectivity index (χ4n) is 3.03. The van der Waals surface area contributed by atoms with Crippen molar-refractivity contribution in [2.24, 2.45) is 0 Å². The van der Waals surface area contributed by atoms with Crippen LogP contribution in [0.25, 0.3) is 0 Å². The first-order chi connectivity index (χ1) is 8.70. The summed E-state index contributed by atoms with van der Waals surface area (Å²) < 4.78 is 13.3. The number of carbonyl (C=O) groups excluding carboxylic acids is 1. The van der Waals surface area contributed by atoms with Gasteiger partial charge >= 0.3 is 0 Å². The molecule has 4 heteroatoms. The first kappa shape index (κ1) is 11.5. The highest BCUT2D eigenvalue weighted by Crippen LogP contribution is 2.34. The summed E-state index contributed by atoms with van der Waals surface area (Å²) in [5, 5.41) is 0. The third-order valence-corrected chi connectivity index (χ3v) is 3.95. The van der Waals surface area contributed by atoms with Crippen molar-refractivity contribution in [2.45, 2.75) is 25.8 Å². The van der Waals surface area contributed by atoms with Crippen LogP contribution in [0.1, 0.15) is 18.9 Å². The second kappa shape index (κ2) is 4.26. The van der Waals surface area contributed by atoms with E-state index in [0.717, 1.165) is 37.3 Å². The molecule has 2 aliphatic heterocycles. The van der Waals surface area contributed by atoms with Crippen molar-refractivity contribution in [3.05, 3.63) is 29.6 Å². The number of halogens is 1. The van der Waals surface area contributed by atoms with Crippen molar-refractivity contribution in [1.82, 2.24) is 4.90 Å². The molecule has 0 bridgehead atoms. The van der Waals surface area contributed by atoms with E-state index < -0.39 is 0 Å². The van der Waals surface area contributed by atoms with Crippen LogP contribution in [0.4, 0.5) is 10.1 Å². The summed E-state index contributed by atoms with van der Waals surface area (Å²) in [6.45, 7) is 4.42. The normalized spacial score (nSPS) is 22.8. The second-order valence-electron chi connectivity index (χ2n) is 4.96. The van der Waals surface area contributed by atoms with Gasteiger partial charge in [-0.15, -0.1) is 0 Å². The zero-order valence-electron chi connectivity index (χ0n) is 10.5. The number of carbonyl (C=O) groups is 1. The zero-order chi connectivity index (χ0) is 12.7. The van der Waals surface area contributed by atoms with Crippen LogP contribution < -0.4 is 4.90 Å². The molecule has 0 aliphatic carbocycles. The number of likely N-dealkylation sites (N-methyl/N-ethyl adjacent to an activating group) is 1. The van der Waals surface area contributed by atoms with Gasteiger partial charge in [-0.2, -0.15) is 0 Å². The van der Waals surface area contributed by atoms with Gasteiger partial charge in [0.05, 0.1) is 0 Å². The smallest absolute Gasteiger partial charge is 0.245 e. The molecule has 3 rings (SSSR count). The van der Waals surface area contributed by atoms with Gasteiger partial charge < -0.3 is 9.80 Å². The zero-order valence-corrected chi connectivity index (χ0v) is 10.5. The molecule has 0 aromatic heterocycles. The lowest BCUT2D eigenvalue weighted by molar-refractivity contribution is -0.131. The summed E-state index contributed by atoms with van der Waals surface area (Å²) in [5.74, 6) is -0.0370. The molecule has 3 nitrogen and oxygen atoms in total. The van der Waals surface area contributed by atoms with E-state index in [2.05, 4.69) is 4.90 Å². The van der Waals surface area contributed by atoms with E-state index in [-0.39, 0.29) is 17.8 Å². The molecule has 0 saturated carbocycles. The Kier molecular flexibility index (Phi) is 2.73. The Labute approximate surface area is 106 Å². The Morgan fingerprint density at radius 3 is 3.00 bits per heavy atom. The van der Waals surface area contributed by atoms with E-state index in [0.29, 0.717) is 6.42 Å². The number of nitrogens with zero attached hydrogens (tertiary/aromatic N) is 2. The van der Waals surface area contributed by atoms with E-state index in [1.165, 1.54) is 6.07 Å². The second-order valence-corrected chi connectivity index (χ2v) is 4.96. The third-order valence-electron chi connectivity index (χ3n) is 3.95. The molecule has 1 amide bonds. The van der Waals surface area contributed by atoms with Crippen LogP contribution in [0.5, 0.6) is 0 Å². The highest BCUT2D eigenvalue weighted by atomic mass is 19.1. The van der Waals surface area contributed by atoms with Gasteiger partial charge in [-0.1, -0.05) is 6.07 Å². The molecule has 2 heterocycles. The molecule has 0 radical (unpaired) electrons. The molecule has 2 aliphatic rings. The largest absolute Gasteiger partial charge is 0.359 e. The lowest BCUT2D eigenvalue weighted by Crippen LogP contribution is -2.44. The highest BCUT2D eigenvalue weighted by molar-refractivity contribution is 5.88. The monoisotopic (exact) mass is 248 g/mol. The van der Waals surface area contributed by atoms with Crippen molar-refractivity contribution in [3.8, 4) is 0 Å². The number of amides is 1. The highest BCUT2D eigenvalue weighted by Gasteiger charge is 2.38. The molecular weight excluding hydrogens is 231 g/mol. The minimum Gasteiger partial charge on any atom is -0.359 e. The maximum Gasteiger partial charge on any atom is 0.245 e. The van der Waals surface area contributed by atoms with E-state index in [1.807, 2.05) is 17.9 Å². The summed E-state index contributed by atoms with van der Waals surface area (Å²) in [6.07, 6.45) is 1.66. The molecule has 1 aromatic carbocycles. The van der Waals surface area contributed by atoms with E-state index in [9.17, 15) is 9.18 Å². The van der Waals surface area contributed by atoms with Crippen molar-refractivity contribution in [1.29, 1.82) is 0 Å². The fraction of sp³-hybridized carbons (Fsp3) is 0.500. The van der Waals surface area contributed by atoms with Gasteiger partial charge in [0.1, 0.15) is 11.9 Å². The lowest BCUT2D eigenvalue weighted by atomic mass is 10.1. The Morgan fingerprint density at radius 1 is 1.39 bits per heavy atom. The number of hydrogen-bond donors (Lipinski definition) is 0. The predicted molar refractivity (Wildman–Crippen MR) is 68.1 cm³/mol. The SMILES string of the molecule is CCN1CCCN2c3cc(F)ccc3CC2C1=O. The maximum absolute atomic E-state index is 13.3. The van der Waals surface area contributed by atoms with E-state index in [4.69, 9.17) is 0 Å². The fourth-order valence-corrected chi connectivity index (χ4v) is 3.03. The van der Waals surface area contributed by atoms with Gasteiger partial charge in [-0.25, -0.2) is 4.39 Å². The molecule has 1 saturated heterocycles. The molecule has 96 valence electrons. The minimum absolute atomic E-state index is 0.121. The Balaban J connectivity index is 1.97. The number of fused-ring (bicyclic) bond motifs is 3. The predicted octanol–water partition coefficient (Wildman–Crippen LogP) is 1.81. The van der Waals surface area contributed by atoms with Gasteiger partial charge in [0, 0.05) is 31.7 Å². The van der Waals surface area contributed by atoms with Crippen LogP contribution in [0, 0.1) is 5.82 Å². The molecule has 1 atom stereocenters. The molecule has 1 unspecified atom stereocenters. The van der Waals surface area contributed by atoms with Crippen LogP contribution in [-0.4, -0.2) is 36.5 Å². The van der Waals surface area contributed by atoms with Crippen molar-refractivity contribution in [3.63, 3.8) is 0 Å². The third kappa shape index (κ3) is 1.67. The van der Waals surface area contributed by atoms with Gasteiger partial charge in [0.15, 0.2) is 0 Å². The summed E-state index contributed by atoms with van der Waals surface area (Å²) in [4.78, 5) is 16.4. The summed E-state index contributed by atoms with van der Waals surface area (Å²) in [7, 11) is 0. The minimum atomic E-state index is -0.224. The van der Waals surface area contributed by atoms with Crippen molar-refractivity contribution < 1.29 is 9.18 Å². The molecule has 1 aromatic rings. The number of hydrogen-bond acceptors (Lipinski definition) is 2. The lowest BCUT2D eigenvalue weighted by Gasteiger charge is -2.25. The van der Waals surface area contributed by atoms with Gasteiger partial charge in [-0.05, 0) is 31.0 Å². The van der Waals surface area contributed by atoms with Crippen molar-refractivity contribution >= 4 is 11.6 Å². The molecule has 18 heavy (non-hydrogen) atoms. The summed E-state index contributed by atoms with van der Waals surface area (Å²) >= 11 is 0. The van der Waals surface area contributed by atoms with Gasteiger partial charge in [0.2, 0.25) is 5.91 Å². The summed E-state index contributed by atoms with van der Waals surface area (Å²) in [5.41, 5.74) is 2.00. The molecule has 0 N–H and O–H groups in total. The van der Waals surface area contributed by atoms with Crippen LogP contribution in [0.2, 0.25) is 0 Å². The first-order valence-electron chi connectivity index (χ1n) is 6.54. The topological polar surface area (TPSA) is 23.6 Å². The number of anilines is 1. The van der Waals surface area contributed by atoms with Crippen molar-refractivity contribution in [2.75, 3.05) is 24.5 Å². The average Bonchev–Trinajstić information content (AvgIpc) is 2.64. The molecule has 0 spiro atoms. The van der Waals surface area contributed by atoms with E-state index >= 15 is 0 Å². The van der Waals surface area contributed by atoms with Crippen LogP contribution in [0.15, 0.2) is 18.2 Å². The quantitative estimate of drug-likeness (QED) is 0.756. The Bertz CT molecular complexity index is 489. The van der Waals surface area contributed by atoms with Crippen LogP contribution in [-0.2, 0) is 11.2 Å². The number of benzene rings is 1. The first-order valence-corrected chi connectivity index (χ1v) is 6.54. The number of rotatable bonds is 1.